The summed E-state index contributed by atoms with van der Waals surface area (Å²) < 4.78 is 0. The predicted octanol–water partition coefficient (Wildman–Crippen LogP) is 4.93. The van der Waals surface area contributed by atoms with Crippen molar-refractivity contribution in [3.05, 3.63) is 25.8 Å². The van der Waals surface area contributed by atoms with Gasteiger partial charge >= 0.3 is 0 Å². The molecule has 0 N–H and O–H groups in total. The molecule has 0 heterocycles. The lowest BCUT2D eigenvalue weighted by atomic mass is 10.2. The van der Waals surface area contributed by atoms with Crippen molar-refractivity contribution in [1.29, 1.82) is 0 Å². The molecule has 2 aliphatic rings. The van der Waals surface area contributed by atoms with Crippen molar-refractivity contribution in [3.8, 4) is 0 Å². The third kappa shape index (κ3) is 9.57. The molecule has 2 aliphatic carbocycles. The quantitative estimate of drug-likeness (QED) is 0.482. The van der Waals surface area contributed by atoms with E-state index in [-0.39, 0.29) is 0 Å². The fourth-order valence-electron chi connectivity index (χ4n) is 1.11. The van der Waals surface area contributed by atoms with Crippen LogP contribution in [0, 0.1) is 23.7 Å². The summed E-state index contributed by atoms with van der Waals surface area (Å²) in [5, 5.41) is 0. The van der Waals surface area contributed by atoms with Crippen LogP contribution in [0.25, 0.3) is 0 Å². The van der Waals surface area contributed by atoms with Crippen molar-refractivity contribution >= 4 is 0 Å². The van der Waals surface area contributed by atoms with Gasteiger partial charge in [-0.2, -0.15) is 0 Å². The highest BCUT2D eigenvalue weighted by atomic mass is 14.7. The molecular weight excluding hydrogens is 168 g/mol. The van der Waals surface area contributed by atoms with E-state index in [9.17, 15) is 0 Å². The average Bonchev–Trinajstić information content (AvgIpc) is 2.96. The molecule has 2 saturated carbocycles. The highest BCUT2D eigenvalue weighted by Gasteiger charge is 2.60. The Balaban J connectivity index is 0. The van der Waals surface area contributed by atoms with E-state index in [1.165, 1.54) is 11.8 Å². The first kappa shape index (κ1) is 15.9. The Bertz CT molecular complexity index is 117. The first-order chi connectivity index (χ1) is 6.54. The topological polar surface area (TPSA) is 0 Å². The van der Waals surface area contributed by atoms with Crippen LogP contribution in [0.15, 0.2) is 25.8 Å². The molecule has 84 valence electrons. The number of fused-ring (bicyclic) bond motifs is 1. The SMILES string of the molecule is C=C.C=CC.CC(C)C.CC1C2CC12. The van der Waals surface area contributed by atoms with E-state index in [0.29, 0.717) is 0 Å². The lowest BCUT2D eigenvalue weighted by Gasteiger charge is -1.82. The lowest BCUT2D eigenvalue weighted by Crippen LogP contribution is -1.73. The maximum Gasteiger partial charge on any atom is -0.0352 e. The Labute approximate surface area is 91.1 Å². The van der Waals surface area contributed by atoms with Gasteiger partial charge in [0.2, 0.25) is 0 Å². The first-order valence-corrected chi connectivity index (χ1v) is 5.61. The molecule has 0 nitrogen and oxygen atoms in total. The van der Waals surface area contributed by atoms with Gasteiger partial charge < -0.3 is 0 Å². The van der Waals surface area contributed by atoms with Gasteiger partial charge in [0.05, 0.1) is 0 Å². The van der Waals surface area contributed by atoms with Gasteiger partial charge in [0.1, 0.15) is 0 Å². The molecule has 14 heavy (non-hydrogen) atoms. The average molecular weight is 196 g/mol. The Morgan fingerprint density at radius 1 is 1.14 bits per heavy atom. The van der Waals surface area contributed by atoms with Crippen LogP contribution >= 0.6 is 0 Å². The largest absolute Gasteiger partial charge is 0.106 e. The molecule has 0 amide bonds. The Hall–Kier alpha value is -0.520. The van der Waals surface area contributed by atoms with Gasteiger partial charge in [-0.3, -0.25) is 0 Å². The van der Waals surface area contributed by atoms with Crippen LogP contribution < -0.4 is 0 Å². The maximum absolute atomic E-state index is 3.36. The van der Waals surface area contributed by atoms with Gasteiger partial charge in [0.25, 0.3) is 0 Å². The fraction of sp³-hybridized carbons (Fsp3) is 0.714. The normalized spacial score (nSPS) is 28.9. The third-order valence-corrected chi connectivity index (χ3v) is 2.10. The second-order valence-corrected chi connectivity index (χ2v) is 4.56. The Morgan fingerprint density at radius 3 is 1.29 bits per heavy atom. The second kappa shape index (κ2) is 9.05. The summed E-state index contributed by atoms with van der Waals surface area (Å²) >= 11 is 0. The van der Waals surface area contributed by atoms with Gasteiger partial charge in [-0.05, 0) is 37.0 Å². The molecule has 0 heteroatoms. The molecule has 0 saturated heterocycles. The van der Waals surface area contributed by atoms with E-state index in [4.69, 9.17) is 0 Å². The molecule has 0 aromatic carbocycles. The van der Waals surface area contributed by atoms with E-state index in [1.54, 1.807) is 12.5 Å². The van der Waals surface area contributed by atoms with E-state index < -0.39 is 0 Å². The monoisotopic (exact) mass is 196 g/mol. The summed E-state index contributed by atoms with van der Waals surface area (Å²) in [5.74, 6) is 4.42. The summed E-state index contributed by atoms with van der Waals surface area (Å²) in [5.41, 5.74) is 0. The van der Waals surface area contributed by atoms with Crippen LogP contribution in [0.2, 0.25) is 0 Å². The summed E-state index contributed by atoms with van der Waals surface area (Å²) in [7, 11) is 0. The van der Waals surface area contributed by atoms with Crippen molar-refractivity contribution in [1.82, 2.24) is 0 Å². The van der Waals surface area contributed by atoms with E-state index in [0.717, 1.165) is 11.8 Å². The highest BCUT2D eigenvalue weighted by Crippen LogP contribution is 2.67. The van der Waals surface area contributed by atoms with Crippen LogP contribution in [-0.2, 0) is 0 Å². The number of hydrogen-bond acceptors (Lipinski definition) is 0. The zero-order chi connectivity index (χ0) is 11.7. The predicted molar refractivity (Wildman–Crippen MR) is 68.4 cm³/mol. The number of hydrogen-bond donors (Lipinski definition) is 0. The summed E-state index contributed by atoms with van der Waals surface area (Å²) in [6.07, 6.45) is 3.32. The van der Waals surface area contributed by atoms with Crippen LogP contribution in [0.1, 0.15) is 41.0 Å². The number of allylic oxidation sites excluding steroid dienone is 1. The van der Waals surface area contributed by atoms with Crippen LogP contribution in [0.3, 0.4) is 0 Å². The van der Waals surface area contributed by atoms with Gasteiger partial charge in [-0.15, -0.1) is 19.7 Å². The summed E-state index contributed by atoms with van der Waals surface area (Å²) in [6, 6.07) is 0. The van der Waals surface area contributed by atoms with Gasteiger partial charge in [-0.25, -0.2) is 0 Å². The van der Waals surface area contributed by atoms with Crippen molar-refractivity contribution in [2.45, 2.75) is 41.0 Å². The second-order valence-electron chi connectivity index (χ2n) is 4.56. The molecule has 0 aromatic rings. The summed E-state index contributed by atoms with van der Waals surface area (Å²) in [4.78, 5) is 0. The molecule has 0 spiro atoms. The van der Waals surface area contributed by atoms with Crippen molar-refractivity contribution in [3.63, 3.8) is 0 Å². The van der Waals surface area contributed by atoms with Crippen molar-refractivity contribution < 1.29 is 0 Å². The van der Waals surface area contributed by atoms with Gasteiger partial charge in [0, 0.05) is 0 Å². The molecule has 0 aliphatic heterocycles. The highest BCUT2D eigenvalue weighted by molar-refractivity contribution is 5.09. The van der Waals surface area contributed by atoms with Crippen molar-refractivity contribution in [2.75, 3.05) is 0 Å². The van der Waals surface area contributed by atoms with E-state index in [1.807, 2.05) is 6.92 Å². The van der Waals surface area contributed by atoms with E-state index >= 15 is 0 Å². The molecule has 2 fully saturated rings. The van der Waals surface area contributed by atoms with E-state index in [2.05, 4.69) is 47.4 Å². The van der Waals surface area contributed by atoms with Crippen molar-refractivity contribution in [2.24, 2.45) is 23.7 Å². The minimum atomic E-state index is 0.833. The van der Waals surface area contributed by atoms with Crippen LogP contribution in [0.5, 0.6) is 0 Å². The molecule has 0 bridgehead atoms. The van der Waals surface area contributed by atoms with Gasteiger partial charge in [0.15, 0.2) is 0 Å². The minimum absolute atomic E-state index is 0.833. The molecule has 2 atom stereocenters. The standard InChI is InChI=1S/C5H8.C4H10.C3H6.C2H4/c1-3-4-2-5(3)4;1-4(2)3;1-3-2;1-2/h3-5H,2H2,1H3;4H,1-3H3;3H,1H2,2H3;1-2H2. The fourth-order valence-corrected chi connectivity index (χ4v) is 1.11. The molecule has 0 aromatic heterocycles. The molecule has 2 unspecified atom stereocenters. The number of rotatable bonds is 0. The maximum atomic E-state index is 3.36. The van der Waals surface area contributed by atoms with Crippen LogP contribution in [0.4, 0.5) is 0 Å². The molecule has 2 rings (SSSR count). The van der Waals surface area contributed by atoms with Crippen LogP contribution in [-0.4, -0.2) is 0 Å². The molecular formula is C14H28. The zero-order valence-corrected chi connectivity index (χ0v) is 10.7. The molecule has 0 radical (unpaired) electrons. The first-order valence-electron chi connectivity index (χ1n) is 5.61. The Kier molecular flexibility index (Phi) is 10.3. The Morgan fingerprint density at radius 2 is 1.29 bits per heavy atom. The minimum Gasteiger partial charge on any atom is -0.106 e. The third-order valence-electron chi connectivity index (χ3n) is 2.10. The smallest absolute Gasteiger partial charge is 0.0352 e. The zero-order valence-electron chi connectivity index (χ0n) is 10.7. The van der Waals surface area contributed by atoms with Gasteiger partial charge in [-0.1, -0.05) is 33.8 Å². The summed E-state index contributed by atoms with van der Waals surface area (Å²) in [6.45, 7) is 20.1. The lowest BCUT2D eigenvalue weighted by molar-refractivity contribution is 0.679.